The van der Waals surface area contributed by atoms with E-state index in [9.17, 15) is 9.59 Å². The molecule has 0 aliphatic carbocycles. The minimum Gasteiger partial charge on any atom is -0.701 e. The van der Waals surface area contributed by atoms with Crippen LogP contribution in [0.1, 0.15) is 17.3 Å². The molecule has 1 aliphatic rings. The van der Waals surface area contributed by atoms with Crippen LogP contribution in [0.3, 0.4) is 0 Å². The van der Waals surface area contributed by atoms with E-state index in [1.165, 1.54) is 24.0 Å². The van der Waals surface area contributed by atoms with Gasteiger partial charge in [0.05, 0.1) is 11.3 Å². The third kappa shape index (κ3) is 3.87. The first-order valence-electron chi connectivity index (χ1n) is 6.55. The maximum atomic E-state index is 12.3. The van der Waals surface area contributed by atoms with Gasteiger partial charge in [0.15, 0.2) is 6.61 Å². The molecule has 0 fully saturated rings. The second kappa shape index (κ2) is 8.05. The summed E-state index contributed by atoms with van der Waals surface area (Å²) < 4.78 is 5.33. The summed E-state index contributed by atoms with van der Waals surface area (Å²) in [6.07, 6.45) is 1.58. The molecule has 1 N–H and O–H groups in total. The van der Waals surface area contributed by atoms with Gasteiger partial charge in [-0.05, 0) is 18.2 Å². The Morgan fingerprint density at radius 2 is 2.26 bits per heavy atom. The molecule has 0 bridgehead atoms. The number of carbonyl (C=O) groups excluding carboxylic acids is 2. The summed E-state index contributed by atoms with van der Waals surface area (Å²) >= 11 is 0. The Bertz CT molecular complexity index is 731. The van der Waals surface area contributed by atoms with Gasteiger partial charge in [-0.2, -0.15) is 5.26 Å². The van der Waals surface area contributed by atoms with E-state index in [1.54, 1.807) is 18.2 Å². The third-order valence-electron chi connectivity index (χ3n) is 3.19. The predicted octanol–water partition coefficient (Wildman–Crippen LogP) is 2.63. The molecule has 0 saturated carbocycles. The van der Waals surface area contributed by atoms with E-state index in [1.807, 2.05) is 0 Å². The van der Waals surface area contributed by atoms with Gasteiger partial charge in [0, 0.05) is 44.8 Å². The zero-order valence-electron chi connectivity index (χ0n) is 12.6. The summed E-state index contributed by atoms with van der Waals surface area (Å²) in [4.78, 5) is 25.7. The Balaban J connectivity index is 0.00000264. The van der Waals surface area contributed by atoms with Crippen LogP contribution in [0.15, 0.2) is 42.1 Å². The first-order valence-corrected chi connectivity index (χ1v) is 6.55. The number of nitriles is 1. The van der Waals surface area contributed by atoms with E-state index in [-0.39, 0.29) is 62.1 Å². The van der Waals surface area contributed by atoms with Gasteiger partial charge in [-0.3, -0.25) is 9.59 Å². The smallest absolute Gasteiger partial charge is 0.265 e. The number of fused-ring (bicyclic) bond motifs is 1. The number of allylic oxidation sites excluding steroid dienone is 2. The van der Waals surface area contributed by atoms with Crippen molar-refractivity contribution in [3.05, 3.63) is 53.4 Å². The van der Waals surface area contributed by atoms with E-state index in [0.29, 0.717) is 18.0 Å². The maximum Gasteiger partial charge on any atom is 0.265 e. The Labute approximate surface area is 159 Å². The number of nitrogens with one attached hydrogen (secondary N) is 1. The molecule has 0 saturated heterocycles. The number of carbonyl (C=O) groups is 2. The number of rotatable bonds is 4. The number of anilines is 1. The number of Topliss-reactive ketones (excluding diaryl/α,β-unsaturated/α-hetero) is 1. The normalized spacial score (nSPS) is 13.7. The Kier molecular flexibility index (Phi) is 6.68. The molecule has 115 valence electrons. The topological polar surface area (TPSA) is 94.2 Å². The van der Waals surface area contributed by atoms with Gasteiger partial charge in [-0.15, -0.1) is 12.3 Å². The molecule has 0 atom stereocenters. The molecule has 1 radical (unpaired) electrons. The first kappa shape index (κ1) is 19.1. The fourth-order valence-corrected chi connectivity index (χ4v) is 2.12. The second-order valence-electron chi connectivity index (χ2n) is 4.71. The Hall–Kier alpha value is -1.97. The molecular formula is C16H14N3O3Y-. The fraction of sp³-hybridized carbons (Fsp3) is 0.188. The summed E-state index contributed by atoms with van der Waals surface area (Å²) in [7, 11) is 0. The van der Waals surface area contributed by atoms with Crippen molar-refractivity contribution in [1.82, 2.24) is 0 Å². The standard InChI is InChI=1S/C16H15N3O3.Y/c1-3-6-19-13-7-11(16(21)12(8-17)10(2)18)4-5-14(13)22-9-15(19)20;/h3-5,7H,1,6,9H2,2H3,(H2,18,21);/p-1. The molecule has 6 nitrogen and oxygen atoms in total. The Morgan fingerprint density at radius 1 is 1.57 bits per heavy atom. The van der Waals surface area contributed by atoms with Crippen molar-refractivity contribution in [1.29, 1.82) is 5.26 Å². The van der Waals surface area contributed by atoms with Crippen molar-refractivity contribution >= 4 is 17.4 Å². The third-order valence-corrected chi connectivity index (χ3v) is 3.19. The largest absolute Gasteiger partial charge is 0.701 e. The fourth-order valence-electron chi connectivity index (χ4n) is 2.12. The van der Waals surface area contributed by atoms with Crippen molar-refractivity contribution in [2.45, 2.75) is 6.92 Å². The molecule has 1 heterocycles. The van der Waals surface area contributed by atoms with Gasteiger partial charge >= 0.3 is 0 Å². The van der Waals surface area contributed by atoms with Gasteiger partial charge < -0.3 is 15.4 Å². The molecule has 0 unspecified atom stereocenters. The van der Waals surface area contributed by atoms with Crippen LogP contribution in [-0.4, -0.2) is 24.8 Å². The molecule has 23 heavy (non-hydrogen) atoms. The predicted molar refractivity (Wildman–Crippen MR) is 81.5 cm³/mol. The van der Waals surface area contributed by atoms with Crippen LogP contribution >= 0.6 is 0 Å². The maximum absolute atomic E-state index is 12.3. The minimum absolute atomic E-state index is 0. The average Bonchev–Trinajstić information content (AvgIpc) is 2.50. The van der Waals surface area contributed by atoms with E-state index in [0.717, 1.165) is 0 Å². The van der Waals surface area contributed by atoms with Crippen molar-refractivity contribution in [2.75, 3.05) is 18.1 Å². The number of hydrogen-bond donors (Lipinski definition) is 0. The van der Waals surface area contributed by atoms with Crippen molar-refractivity contribution in [3.63, 3.8) is 0 Å². The SMILES string of the molecule is C=CCN1C(=O)COc2ccc(C(=O)/C(C#N)=C(/C)[NH-])cc21.[Y]. The van der Waals surface area contributed by atoms with Crippen molar-refractivity contribution in [2.24, 2.45) is 0 Å². The molecule has 1 aromatic rings. The molecular weight excluding hydrogens is 371 g/mol. The summed E-state index contributed by atoms with van der Waals surface area (Å²) in [6, 6.07) is 6.34. The number of ketones is 1. The van der Waals surface area contributed by atoms with Crippen molar-refractivity contribution < 1.29 is 47.0 Å². The van der Waals surface area contributed by atoms with Crippen LogP contribution < -0.4 is 9.64 Å². The van der Waals surface area contributed by atoms with Crippen molar-refractivity contribution in [3.8, 4) is 11.8 Å². The van der Waals surface area contributed by atoms with Gasteiger partial charge in [-0.25, -0.2) is 0 Å². The number of benzene rings is 1. The molecule has 1 aromatic carbocycles. The zero-order valence-corrected chi connectivity index (χ0v) is 15.5. The second-order valence-corrected chi connectivity index (χ2v) is 4.71. The number of ether oxygens (including phenoxy) is 1. The molecule has 1 aliphatic heterocycles. The van der Waals surface area contributed by atoms with Gasteiger partial charge in [0.1, 0.15) is 11.8 Å². The first-order chi connectivity index (χ1) is 10.5. The van der Waals surface area contributed by atoms with Crippen LogP contribution in [0, 0.1) is 11.3 Å². The quantitative estimate of drug-likeness (QED) is 0.345. The van der Waals surface area contributed by atoms with Crippen LogP contribution in [0.2, 0.25) is 0 Å². The van der Waals surface area contributed by atoms with Gasteiger partial charge in [0.2, 0.25) is 5.78 Å². The van der Waals surface area contributed by atoms with E-state index < -0.39 is 5.78 Å². The molecule has 2 rings (SSSR count). The zero-order chi connectivity index (χ0) is 16.3. The summed E-state index contributed by atoms with van der Waals surface area (Å²) in [5.41, 5.74) is 7.84. The number of amides is 1. The van der Waals surface area contributed by atoms with Gasteiger partial charge in [0.25, 0.3) is 5.91 Å². The Morgan fingerprint density at radius 3 is 2.83 bits per heavy atom. The molecule has 7 heteroatoms. The number of nitrogens with zero attached hydrogens (tertiary/aromatic N) is 2. The van der Waals surface area contributed by atoms with Crippen LogP contribution in [0.5, 0.6) is 5.75 Å². The summed E-state index contributed by atoms with van der Waals surface area (Å²) in [5, 5.41) is 8.99. The molecule has 0 aromatic heterocycles. The van der Waals surface area contributed by atoms with E-state index in [2.05, 4.69) is 6.58 Å². The summed E-state index contributed by atoms with van der Waals surface area (Å²) in [6.45, 7) is 5.22. The molecule has 1 amide bonds. The van der Waals surface area contributed by atoms with E-state index >= 15 is 0 Å². The molecule has 0 spiro atoms. The average molecular weight is 385 g/mol. The van der Waals surface area contributed by atoms with Crippen LogP contribution in [0.4, 0.5) is 5.69 Å². The summed E-state index contributed by atoms with van der Waals surface area (Å²) in [5.74, 6) is -0.290. The van der Waals surface area contributed by atoms with Crippen LogP contribution in [0.25, 0.3) is 5.73 Å². The monoisotopic (exact) mass is 385 g/mol. The van der Waals surface area contributed by atoms with Gasteiger partial charge in [-0.1, -0.05) is 13.0 Å². The minimum atomic E-state index is -0.547. The van der Waals surface area contributed by atoms with Crippen LogP contribution in [-0.2, 0) is 37.5 Å². The van der Waals surface area contributed by atoms with E-state index in [4.69, 9.17) is 15.7 Å². The number of hydrogen-bond acceptors (Lipinski definition) is 4.